The van der Waals surface area contributed by atoms with Crippen LogP contribution in [0, 0.1) is 0 Å². The van der Waals surface area contributed by atoms with Gasteiger partial charge in [0.1, 0.15) is 16.0 Å². The number of likely N-dealkylation sites (tertiary alicyclic amines) is 1. The summed E-state index contributed by atoms with van der Waals surface area (Å²) < 4.78 is 14.4. The summed E-state index contributed by atoms with van der Waals surface area (Å²) in [6, 6.07) is 12.3. The number of aromatic nitrogens is 2. The van der Waals surface area contributed by atoms with Crippen molar-refractivity contribution in [2.45, 2.75) is 39.3 Å². The van der Waals surface area contributed by atoms with E-state index in [-0.39, 0.29) is 11.7 Å². The highest BCUT2D eigenvalue weighted by Crippen LogP contribution is 2.37. The lowest BCUT2D eigenvalue weighted by atomic mass is 10.0. The molecule has 4 rings (SSSR count). The van der Waals surface area contributed by atoms with Crippen molar-refractivity contribution in [3.63, 3.8) is 0 Å². The zero-order valence-electron chi connectivity index (χ0n) is 17.5. The van der Waals surface area contributed by atoms with Gasteiger partial charge < -0.3 is 14.5 Å². The van der Waals surface area contributed by atoms with E-state index in [9.17, 15) is 4.79 Å². The first-order chi connectivity index (χ1) is 14.6. The minimum Gasteiger partial charge on any atom is -0.493 e. The van der Waals surface area contributed by atoms with Crippen molar-refractivity contribution < 1.29 is 9.47 Å². The van der Waals surface area contributed by atoms with E-state index in [4.69, 9.17) is 9.47 Å². The van der Waals surface area contributed by atoms with Crippen molar-refractivity contribution in [2.75, 3.05) is 26.3 Å². The van der Waals surface area contributed by atoms with Gasteiger partial charge in [-0.2, -0.15) is 0 Å². The molecule has 0 unspecified atom stereocenters. The number of para-hydroxylation sites is 2. The van der Waals surface area contributed by atoms with Crippen LogP contribution >= 0.6 is 15.9 Å². The fourth-order valence-corrected chi connectivity index (χ4v) is 4.73. The van der Waals surface area contributed by atoms with Gasteiger partial charge in [0.25, 0.3) is 0 Å². The largest absolute Gasteiger partial charge is 0.493 e. The number of aromatic amines is 1. The molecule has 2 aromatic carbocycles. The number of nitrogens with one attached hydrogen (secondary N) is 1. The van der Waals surface area contributed by atoms with E-state index in [0.29, 0.717) is 13.2 Å². The molecule has 0 amide bonds. The Morgan fingerprint density at radius 2 is 1.70 bits per heavy atom. The average Bonchev–Trinajstić information content (AvgIpc) is 3.08. The van der Waals surface area contributed by atoms with E-state index in [1.165, 1.54) is 5.56 Å². The quantitative estimate of drug-likeness (QED) is 0.538. The van der Waals surface area contributed by atoms with Gasteiger partial charge in [-0.25, -0.2) is 4.79 Å². The van der Waals surface area contributed by atoms with Gasteiger partial charge in [0.05, 0.1) is 24.2 Å². The Morgan fingerprint density at radius 1 is 1.07 bits per heavy atom. The molecule has 0 atom stereocenters. The molecule has 1 aliphatic heterocycles. The Labute approximate surface area is 184 Å². The summed E-state index contributed by atoms with van der Waals surface area (Å²) in [7, 11) is 0. The number of ether oxygens (including phenoxy) is 2. The van der Waals surface area contributed by atoms with Crippen LogP contribution in [-0.2, 0) is 6.54 Å². The second-order valence-corrected chi connectivity index (χ2v) is 8.39. The predicted molar refractivity (Wildman–Crippen MR) is 123 cm³/mol. The van der Waals surface area contributed by atoms with E-state index < -0.39 is 0 Å². The lowest BCUT2D eigenvalue weighted by Crippen LogP contribution is -2.36. The normalized spacial score (nSPS) is 15.6. The van der Waals surface area contributed by atoms with Crippen molar-refractivity contribution in [3.05, 3.63) is 56.9 Å². The molecule has 7 heteroatoms. The van der Waals surface area contributed by atoms with Crippen molar-refractivity contribution in [2.24, 2.45) is 0 Å². The maximum atomic E-state index is 12.5. The van der Waals surface area contributed by atoms with Gasteiger partial charge >= 0.3 is 5.69 Å². The summed E-state index contributed by atoms with van der Waals surface area (Å²) in [6.45, 7) is 7.91. The van der Waals surface area contributed by atoms with E-state index in [1.807, 2.05) is 42.7 Å². The SMILES string of the molecule is CCOc1cc(CN2CCC(n3c(=O)[nH]c4ccccc43)CC2)cc(OCC)c1Br. The summed E-state index contributed by atoms with van der Waals surface area (Å²) in [5, 5.41) is 0. The molecule has 0 bridgehead atoms. The Kier molecular flexibility index (Phi) is 6.49. The molecule has 0 radical (unpaired) electrons. The molecule has 1 N–H and O–H groups in total. The molecule has 1 aliphatic rings. The molecule has 1 saturated heterocycles. The van der Waals surface area contributed by atoms with E-state index in [0.717, 1.165) is 59.5 Å². The molecule has 6 nitrogen and oxygen atoms in total. The molecule has 30 heavy (non-hydrogen) atoms. The summed E-state index contributed by atoms with van der Waals surface area (Å²) >= 11 is 3.60. The monoisotopic (exact) mass is 473 g/mol. The van der Waals surface area contributed by atoms with Gasteiger partial charge in [-0.05, 0) is 72.4 Å². The van der Waals surface area contributed by atoms with E-state index >= 15 is 0 Å². The smallest absolute Gasteiger partial charge is 0.326 e. The molecule has 0 spiro atoms. The minimum atomic E-state index is -0.00901. The standard InChI is InChI=1S/C23H28BrN3O3/c1-3-29-20-13-16(14-21(22(20)24)30-4-2)15-26-11-9-17(10-12-26)27-19-8-6-5-7-18(19)25-23(27)28/h5-8,13-14,17H,3-4,9-12,15H2,1-2H3,(H,25,28). The number of nitrogens with zero attached hydrogens (tertiary/aromatic N) is 2. The van der Waals surface area contributed by atoms with Crippen LogP contribution in [0.25, 0.3) is 11.0 Å². The molecule has 2 heterocycles. The van der Waals surface area contributed by atoms with Crippen LogP contribution in [0.5, 0.6) is 11.5 Å². The van der Waals surface area contributed by atoms with Crippen molar-refractivity contribution >= 4 is 27.0 Å². The summed E-state index contributed by atoms with van der Waals surface area (Å²) in [4.78, 5) is 17.9. The molecule has 1 aromatic heterocycles. The third-order valence-electron chi connectivity index (χ3n) is 5.62. The number of hydrogen-bond donors (Lipinski definition) is 1. The number of rotatable bonds is 7. The van der Waals surface area contributed by atoms with E-state index in [1.54, 1.807) is 0 Å². The van der Waals surface area contributed by atoms with Crippen LogP contribution in [0.4, 0.5) is 0 Å². The van der Waals surface area contributed by atoms with E-state index in [2.05, 4.69) is 37.9 Å². The summed E-state index contributed by atoms with van der Waals surface area (Å²) in [6.07, 6.45) is 1.91. The Morgan fingerprint density at radius 3 is 2.33 bits per heavy atom. The lowest BCUT2D eigenvalue weighted by Gasteiger charge is -2.32. The highest BCUT2D eigenvalue weighted by atomic mass is 79.9. The highest BCUT2D eigenvalue weighted by molar-refractivity contribution is 9.10. The van der Waals surface area contributed by atoms with Crippen LogP contribution in [-0.4, -0.2) is 40.8 Å². The molecule has 160 valence electrons. The number of H-pyrrole nitrogens is 1. The fourth-order valence-electron chi connectivity index (χ4n) is 4.27. The maximum absolute atomic E-state index is 12.5. The first-order valence-corrected chi connectivity index (χ1v) is 11.4. The zero-order chi connectivity index (χ0) is 21.1. The van der Waals surface area contributed by atoms with Gasteiger partial charge in [-0.15, -0.1) is 0 Å². The van der Waals surface area contributed by atoms with Crippen molar-refractivity contribution in [1.29, 1.82) is 0 Å². The van der Waals surface area contributed by atoms with Crippen LogP contribution in [0.2, 0.25) is 0 Å². The number of hydrogen-bond acceptors (Lipinski definition) is 4. The second kappa shape index (κ2) is 9.27. The molecule has 1 fully saturated rings. The Balaban J connectivity index is 1.47. The van der Waals surface area contributed by atoms with Gasteiger partial charge in [-0.3, -0.25) is 9.47 Å². The molecule has 3 aromatic rings. The topological polar surface area (TPSA) is 59.5 Å². The van der Waals surface area contributed by atoms with Crippen molar-refractivity contribution in [1.82, 2.24) is 14.5 Å². The maximum Gasteiger partial charge on any atom is 0.326 e. The van der Waals surface area contributed by atoms with Gasteiger partial charge in [0.15, 0.2) is 0 Å². The zero-order valence-corrected chi connectivity index (χ0v) is 19.1. The number of halogens is 1. The molecule has 0 saturated carbocycles. The minimum absolute atomic E-state index is 0.00901. The van der Waals surface area contributed by atoms with Crippen LogP contribution < -0.4 is 15.2 Å². The number of imidazole rings is 1. The third kappa shape index (κ3) is 4.27. The van der Waals surface area contributed by atoms with Gasteiger partial charge in [0, 0.05) is 25.7 Å². The van der Waals surface area contributed by atoms with Crippen molar-refractivity contribution in [3.8, 4) is 11.5 Å². The van der Waals surface area contributed by atoms with Gasteiger partial charge in [-0.1, -0.05) is 12.1 Å². The third-order valence-corrected chi connectivity index (χ3v) is 6.40. The number of piperidine rings is 1. The summed E-state index contributed by atoms with van der Waals surface area (Å²) in [5.41, 5.74) is 3.07. The van der Waals surface area contributed by atoms with Crippen LogP contribution in [0.15, 0.2) is 45.7 Å². The first-order valence-electron chi connectivity index (χ1n) is 10.6. The number of fused-ring (bicyclic) bond motifs is 1. The number of benzene rings is 2. The Hall–Kier alpha value is -2.25. The predicted octanol–water partition coefficient (Wildman–Crippen LogP) is 4.73. The lowest BCUT2D eigenvalue weighted by molar-refractivity contribution is 0.179. The average molecular weight is 474 g/mol. The Bertz CT molecular complexity index is 1040. The van der Waals surface area contributed by atoms with Gasteiger partial charge in [0.2, 0.25) is 0 Å². The van der Waals surface area contributed by atoms with Crippen LogP contribution in [0.1, 0.15) is 38.3 Å². The molecule has 0 aliphatic carbocycles. The summed E-state index contributed by atoms with van der Waals surface area (Å²) in [5.74, 6) is 1.64. The molecular weight excluding hydrogens is 446 g/mol. The highest BCUT2D eigenvalue weighted by Gasteiger charge is 2.24. The fraction of sp³-hybridized carbons (Fsp3) is 0.435. The van der Waals surface area contributed by atoms with Crippen LogP contribution in [0.3, 0.4) is 0 Å². The second-order valence-electron chi connectivity index (χ2n) is 7.60. The molecular formula is C23H28BrN3O3. The first kappa shape index (κ1) is 21.0.